The number of amides is 1. The highest BCUT2D eigenvalue weighted by molar-refractivity contribution is 7.90. The lowest BCUT2D eigenvalue weighted by Gasteiger charge is -2.32. The molecule has 7 nitrogen and oxygen atoms in total. The Morgan fingerprint density at radius 1 is 1.17 bits per heavy atom. The van der Waals surface area contributed by atoms with E-state index in [1.54, 1.807) is 6.07 Å². The minimum Gasteiger partial charge on any atom is -0.496 e. The number of carbonyl (C=O) groups excluding carboxylic acids is 1. The monoisotopic (exact) mass is 543 g/mol. The number of methoxy groups -OCH3 is 1. The number of halogens is 2. The number of piperidine rings is 1. The largest absolute Gasteiger partial charge is 0.496 e. The number of nitrogen functional groups attached to an aromatic ring is 1. The molecule has 0 spiro atoms. The van der Waals surface area contributed by atoms with Gasteiger partial charge in [-0.1, -0.05) is 41.9 Å². The van der Waals surface area contributed by atoms with Crippen molar-refractivity contribution in [3.05, 3.63) is 58.6 Å². The van der Waals surface area contributed by atoms with E-state index in [0.29, 0.717) is 40.9 Å². The van der Waals surface area contributed by atoms with Gasteiger partial charge in [-0.25, -0.2) is 8.42 Å². The van der Waals surface area contributed by atoms with Gasteiger partial charge in [-0.3, -0.25) is 4.79 Å². The van der Waals surface area contributed by atoms with Gasteiger partial charge < -0.3 is 20.7 Å². The number of anilines is 1. The maximum Gasteiger partial charge on any atom is 0.255 e. The van der Waals surface area contributed by atoms with Crippen molar-refractivity contribution in [1.82, 2.24) is 10.2 Å². The van der Waals surface area contributed by atoms with Gasteiger partial charge in [-0.2, -0.15) is 0 Å². The van der Waals surface area contributed by atoms with Gasteiger partial charge >= 0.3 is 0 Å². The van der Waals surface area contributed by atoms with Crippen LogP contribution in [-0.2, 0) is 15.6 Å². The second-order valence-corrected chi connectivity index (χ2v) is 11.4. The van der Waals surface area contributed by atoms with Crippen LogP contribution in [0.15, 0.2) is 42.5 Å². The van der Waals surface area contributed by atoms with Crippen LogP contribution in [-0.4, -0.2) is 58.3 Å². The number of hydrogen-bond donors (Lipinski definition) is 2. The summed E-state index contributed by atoms with van der Waals surface area (Å²) in [5, 5.41) is 3.32. The van der Waals surface area contributed by atoms with Crippen molar-refractivity contribution in [2.45, 2.75) is 31.4 Å². The molecule has 0 aliphatic carbocycles. The molecule has 3 rings (SSSR count). The average molecular weight is 545 g/mol. The first-order chi connectivity index (χ1) is 16.3. The first-order valence-electron chi connectivity index (χ1n) is 11.7. The number of carbonyl (C=O) groups is 1. The quantitative estimate of drug-likeness (QED) is 0.325. The molecule has 2 aromatic rings. The summed E-state index contributed by atoms with van der Waals surface area (Å²) in [5.74, 6) is 0.919. The second kappa shape index (κ2) is 13.9. The predicted molar refractivity (Wildman–Crippen MR) is 144 cm³/mol. The molecule has 0 aromatic heterocycles. The molecule has 35 heavy (non-hydrogen) atoms. The van der Waals surface area contributed by atoms with E-state index in [-0.39, 0.29) is 29.8 Å². The minimum atomic E-state index is -3.08. The van der Waals surface area contributed by atoms with Crippen LogP contribution >= 0.6 is 24.0 Å². The maximum absolute atomic E-state index is 12.6. The summed E-state index contributed by atoms with van der Waals surface area (Å²) in [6.07, 6.45) is 3.53. The van der Waals surface area contributed by atoms with Crippen molar-refractivity contribution in [2.24, 2.45) is 5.92 Å². The van der Waals surface area contributed by atoms with E-state index in [4.69, 9.17) is 22.1 Å². The Kier molecular flexibility index (Phi) is 11.6. The third-order valence-corrected chi connectivity index (χ3v) is 8.24. The van der Waals surface area contributed by atoms with Gasteiger partial charge in [-0.15, -0.1) is 12.4 Å². The van der Waals surface area contributed by atoms with E-state index >= 15 is 0 Å². The number of nitrogens with two attached hydrogens (primary N) is 1. The lowest BCUT2D eigenvalue weighted by Crippen LogP contribution is -2.39. The van der Waals surface area contributed by atoms with E-state index in [1.807, 2.05) is 30.3 Å². The van der Waals surface area contributed by atoms with Crippen molar-refractivity contribution in [2.75, 3.05) is 44.8 Å². The van der Waals surface area contributed by atoms with Gasteiger partial charge in [0.2, 0.25) is 0 Å². The molecule has 0 atom stereocenters. The van der Waals surface area contributed by atoms with Crippen LogP contribution in [0.4, 0.5) is 5.69 Å². The van der Waals surface area contributed by atoms with Crippen molar-refractivity contribution in [1.29, 1.82) is 0 Å². The average Bonchev–Trinajstić information content (AvgIpc) is 2.83. The molecule has 0 saturated carbocycles. The highest BCUT2D eigenvalue weighted by atomic mass is 35.5. The molecule has 1 heterocycles. The SMILES string of the molecule is COc1cc(N)c(Cl)cc1C(=O)NCC1CCN(CCCCS(=O)(=O)Cc2ccccc2)CC1.Cl. The third kappa shape index (κ3) is 9.18. The molecule has 1 aliphatic heterocycles. The van der Waals surface area contributed by atoms with Crippen LogP contribution in [0.25, 0.3) is 0 Å². The topological polar surface area (TPSA) is 102 Å². The van der Waals surface area contributed by atoms with E-state index in [2.05, 4.69) is 10.2 Å². The Bertz CT molecular complexity index is 1060. The van der Waals surface area contributed by atoms with Crippen LogP contribution in [0.2, 0.25) is 5.02 Å². The summed E-state index contributed by atoms with van der Waals surface area (Å²) >= 11 is 6.07. The van der Waals surface area contributed by atoms with Gasteiger partial charge in [0.1, 0.15) is 5.75 Å². The summed E-state index contributed by atoms with van der Waals surface area (Å²) in [6.45, 7) is 3.40. The summed E-state index contributed by atoms with van der Waals surface area (Å²) in [4.78, 5) is 15.0. The van der Waals surface area contributed by atoms with Crippen LogP contribution in [0.1, 0.15) is 41.6 Å². The van der Waals surface area contributed by atoms with Crippen molar-refractivity contribution < 1.29 is 17.9 Å². The molecule has 3 N–H and O–H groups in total. The number of hydrogen-bond acceptors (Lipinski definition) is 6. The number of likely N-dealkylation sites (tertiary alicyclic amines) is 1. The first-order valence-corrected chi connectivity index (χ1v) is 13.9. The van der Waals surface area contributed by atoms with Gasteiger partial charge in [0.05, 0.1) is 34.9 Å². The van der Waals surface area contributed by atoms with Crippen LogP contribution in [0.3, 0.4) is 0 Å². The minimum absolute atomic E-state index is 0. The number of rotatable bonds is 11. The smallest absolute Gasteiger partial charge is 0.255 e. The van der Waals surface area contributed by atoms with E-state index in [1.165, 1.54) is 13.2 Å². The number of nitrogens with one attached hydrogen (secondary N) is 1. The number of sulfone groups is 1. The van der Waals surface area contributed by atoms with Crippen LogP contribution in [0, 0.1) is 5.92 Å². The number of nitrogens with zero attached hydrogens (tertiary/aromatic N) is 1. The molecule has 0 bridgehead atoms. The van der Waals surface area contributed by atoms with Crippen molar-refractivity contribution >= 4 is 45.4 Å². The molecule has 1 amide bonds. The summed E-state index contributed by atoms with van der Waals surface area (Å²) in [5.41, 5.74) is 7.38. The Hall–Kier alpha value is -2.00. The lowest BCUT2D eigenvalue weighted by atomic mass is 9.96. The molecule has 1 fully saturated rings. The zero-order valence-electron chi connectivity index (χ0n) is 20.0. The van der Waals surface area contributed by atoms with Gasteiger partial charge in [-0.05, 0) is 62.9 Å². The molecular weight excluding hydrogens is 509 g/mol. The van der Waals surface area contributed by atoms with Crippen LogP contribution in [0.5, 0.6) is 5.75 Å². The normalized spacial score (nSPS) is 14.8. The summed E-state index contributed by atoms with van der Waals surface area (Å²) in [6, 6.07) is 12.4. The second-order valence-electron chi connectivity index (χ2n) is 8.85. The maximum atomic E-state index is 12.6. The third-order valence-electron chi connectivity index (χ3n) is 6.23. The van der Waals surface area contributed by atoms with Crippen molar-refractivity contribution in [3.8, 4) is 5.75 Å². The predicted octanol–water partition coefficient (Wildman–Crippen LogP) is 4.19. The van der Waals surface area contributed by atoms with E-state index < -0.39 is 9.84 Å². The van der Waals surface area contributed by atoms with Gasteiger partial charge in [0, 0.05) is 12.6 Å². The fourth-order valence-corrected chi connectivity index (χ4v) is 5.87. The van der Waals surface area contributed by atoms with Gasteiger partial charge in [0.25, 0.3) is 5.91 Å². The summed E-state index contributed by atoms with van der Waals surface area (Å²) < 4.78 is 29.9. The Morgan fingerprint density at radius 2 is 1.86 bits per heavy atom. The summed E-state index contributed by atoms with van der Waals surface area (Å²) in [7, 11) is -1.58. The van der Waals surface area contributed by atoms with Crippen molar-refractivity contribution in [3.63, 3.8) is 0 Å². The fraction of sp³-hybridized carbons (Fsp3) is 0.480. The van der Waals surface area contributed by atoms with Gasteiger partial charge in [0.15, 0.2) is 9.84 Å². The Balaban J connectivity index is 0.00000432. The Labute approximate surface area is 219 Å². The Morgan fingerprint density at radius 3 is 2.51 bits per heavy atom. The highest BCUT2D eigenvalue weighted by Crippen LogP contribution is 2.29. The number of benzene rings is 2. The molecule has 10 heteroatoms. The molecule has 1 saturated heterocycles. The van der Waals surface area contributed by atoms with E-state index in [0.717, 1.165) is 44.5 Å². The number of ether oxygens (including phenoxy) is 1. The number of unbranched alkanes of at least 4 members (excludes halogenated alkanes) is 1. The molecule has 0 radical (unpaired) electrons. The van der Waals surface area contributed by atoms with Crippen LogP contribution < -0.4 is 15.8 Å². The zero-order chi connectivity index (χ0) is 24.6. The molecule has 2 aromatic carbocycles. The lowest BCUT2D eigenvalue weighted by molar-refractivity contribution is 0.0933. The molecule has 194 valence electrons. The molecule has 0 unspecified atom stereocenters. The zero-order valence-corrected chi connectivity index (χ0v) is 22.4. The standard InChI is InChI=1S/C25H34ClN3O4S.ClH/c1-33-24-16-23(27)22(26)15-21(24)25(30)28-17-19-9-12-29(13-10-19)11-5-6-14-34(31,32)18-20-7-3-2-4-8-20;/h2-4,7-8,15-16,19H,5-6,9-14,17-18,27H2,1H3,(H,28,30);1H. The molecular formula is C25H35Cl2N3O4S. The highest BCUT2D eigenvalue weighted by Gasteiger charge is 2.21. The fourth-order valence-electron chi connectivity index (χ4n) is 4.22. The van der Waals surface area contributed by atoms with E-state index in [9.17, 15) is 13.2 Å². The first kappa shape index (κ1) is 29.2. The molecule has 1 aliphatic rings.